The molecule has 0 heterocycles. The van der Waals surface area contributed by atoms with Gasteiger partial charge in [0.05, 0.1) is 0 Å². The molecule has 0 rings (SSSR count). The highest BCUT2D eigenvalue weighted by Crippen LogP contribution is 1.94. The molecule has 0 aliphatic rings. The summed E-state index contributed by atoms with van der Waals surface area (Å²) in [6, 6.07) is 0. The van der Waals surface area contributed by atoms with Crippen molar-refractivity contribution in [2.45, 2.75) is 20.3 Å². The van der Waals surface area contributed by atoms with Crippen molar-refractivity contribution in [2.24, 2.45) is 0 Å². The lowest BCUT2D eigenvalue weighted by atomic mass is 10.4. The number of amides is 1. The van der Waals surface area contributed by atoms with Crippen LogP contribution < -0.4 is 5.32 Å². The fourth-order valence-corrected chi connectivity index (χ4v) is 1.07. The van der Waals surface area contributed by atoms with Gasteiger partial charge in [-0.25, -0.2) is 0 Å². The number of carbonyl (C=O) groups is 1. The van der Waals surface area contributed by atoms with E-state index in [1.807, 2.05) is 18.7 Å². The maximum Gasteiger partial charge on any atom is 0.219 e. The minimum absolute atomic E-state index is 0.150. The zero-order valence-electron chi connectivity index (χ0n) is 6.64. The molecule has 2 nitrogen and oxygen atoms in total. The van der Waals surface area contributed by atoms with Crippen LogP contribution in [0.25, 0.3) is 0 Å². The van der Waals surface area contributed by atoms with E-state index in [9.17, 15) is 4.79 Å². The van der Waals surface area contributed by atoms with E-state index in [0.29, 0.717) is 6.42 Å². The van der Waals surface area contributed by atoms with E-state index in [1.54, 1.807) is 0 Å². The summed E-state index contributed by atoms with van der Waals surface area (Å²) in [4.78, 5) is 10.7. The second-order valence-electron chi connectivity index (χ2n) is 1.90. The summed E-state index contributed by atoms with van der Waals surface area (Å²) in [7, 11) is 0. The molecule has 3 heteroatoms. The Bertz CT molecular complexity index is 95.6. The summed E-state index contributed by atoms with van der Waals surface area (Å²) in [6.07, 6.45) is 0.594. The first-order valence-electron chi connectivity index (χ1n) is 3.65. The first kappa shape index (κ1) is 9.82. The third-order valence-corrected chi connectivity index (χ3v) is 1.99. The van der Waals surface area contributed by atoms with Gasteiger partial charge in [0.2, 0.25) is 5.91 Å². The van der Waals surface area contributed by atoms with Gasteiger partial charge in [0.1, 0.15) is 0 Å². The number of hydrogen-bond acceptors (Lipinski definition) is 2. The molecule has 1 amide bonds. The third kappa shape index (κ3) is 5.95. The second-order valence-corrected chi connectivity index (χ2v) is 3.29. The predicted molar refractivity (Wildman–Crippen MR) is 46.3 cm³/mol. The molecule has 1 N–H and O–H groups in total. The van der Waals surface area contributed by atoms with Crippen molar-refractivity contribution in [3.05, 3.63) is 0 Å². The minimum Gasteiger partial charge on any atom is -0.355 e. The third-order valence-electron chi connectivity index (χ3n) is 1.09. The molecule has 0 saturated carbocycles. The van der Waals surface area contributed by atoms with Crippen LogP contribution in [0.2, 0.25) is 0 Å². The molecule has 0 aromatic heterocycles. The van der Waals surface area contributed by atoms with Crippen LogP contribution in [0, 0.1) is 0 Å². The van der Waals surface area contributed by atoms with Gasteiger partial charge in [-0.15, -0.1) is 0 Å². The lowest BCUT2D eigenvalue weighted by molar-refractivity contribution is -0.120. The molecule has 10 heavy (non-hydrogen) atoms. The maximum atomic E-state index is 10.7. The molecule has 0 aromatic rings. The van der Waals surface area contributed by atoms with Gasteiger partial charge in [-0.1, -0.05) is 13.8 Å². The van der Waals surface area contributed by atoms with Gasteiger partial charge >= 0.3 is 0 Å². The van der Waals surface area contributed by atoms with Crippen LogP contribution >= 0.6 is 11.8 Å². The Morgan fingerprint density at radius 1 is 1.50 bits per heavy atom. The molecule has 0 unspecified atom stereocenters. The molecular formula is C7H15NOS. The molecule has 0 atom stereocenters. The number of nitrogens with one attached hydrogen (secondary N) is 1. The van der Waals surface area contributed by atoms with Crippen molar-refractivity contribution < 1.29 is 4.79 Å². The van der Waals surface area contributed by atoms with Crippen molar-refractivity contribution >= 4 is 17.7 Å². The van der Waals surface area contributed by atoms with Gasteiger partial charge in [-0.2, -0.15) is 11.8 Å². The van der Waals surface area contributed by atoms with Crippen molar-refractivity contribution in [1.82, 2.24) is 5.32 Å². The topological polar surface area (TPSA) is 29.1 Å². The van der Waals surface area contributed by atoms with E-state index < -0.39 is 0 Å². The SMILES string of the molecule is CCSCCNC(=O)CC. The zero-order chi connectivity index (χ0) is 7.82. The summed E-state index contributed by atoms with van der Waals surface area (Å²) in [5.74, 6) is 2.31. The van der Waals surface area contributed by atoms with Crippen LogP contribution in [-0.2, 0) is 4.79 Å². The molecule has 0 bridgehead atoms. The van der Waals surface area contributed by atoms with Crippen LogP contribution in [0.15, 0.2) is 0 Å². The first-order chi connectivity index (χ1) is 4.81. The number of thioether (sulfide) groups is 1. The van der Waals surface area contributed by atoms with Crippen molar-refractivity contribution in [3.63, 3.8) is 0 Å². The Morgan fingerprint density at radius 2 is 2.20 bits per heavy atom. The van der Waals surface area contributed by atoms with E-state index in [1.165, 1.54) is 0 Å². The smallest absolute Gasteiger partial charge is 0.219 e. The van der Waals surface area contributed by atoms with Crippen molar-refractivity contribution in [3.8, 4) is 0 Å². The molecular weight excluding hydrogens is 146 g/mol. The van der Waals surface area contributed by atoms with Crippen LogP contribution in [0.3, 0.4) is 0 Å². The van der Waals surface area contributed by atoms with Gasteiger partial charge in [-0.05, 0) is 5.75 Å². The molecule has 0 aromatic carbocycles. The van der Waals surface area contributed by atoms with E-state index >= 15 is 0 Å². The zero-order valence-corrected chi connectivity index (χ0v) is 7.46. The maximum absolute atomic E-state index is 10.7. The van der Waals surface area contributed by atoms with E-state index in [0.717, 1.165) is 18.1 Å². The Kier molecular flexibility index (Phi) is 6.81. The summed E-state index contributed by atoms with van der Waals surface area (Å²) in [5, 5.41) is 2.81. The highest BCUT2D eigenvalue weighted by atomic mass is 32.2. The van der Waals surface area contributed by atoms with Crippen LogP contribution in [0.1, 0.15) is 20.3 Å². The standard InChI is InChI=1S/C7H15NOS/c1-3-7(9)8-5-6-10-4-2/h3-6H2,1-2H3,(H,8,9). The largest absolute Gasteiger partial charge is 0.355 e. The fraction of sp³-hybridized carbons (Fsp3) is 0.857. The molecule has 0 spiro atoms. The number of rotatable bonds is 5. The normalized spacial score (nSPS) is 9.40. The van der Waals surface area contributed by atoms with Gasteiger partial charge < -0.3 is 5.32 Å². The molecule has 60 valence electrons. The summed E-state index contributed by atoms with van der Waals surface area (Å²) in [5.41, 5.74) is 0. The van der Waals surface area contributed by atoms with Gasteiger partial charge in [0, 0.05) is 18.7 Å². The quantitative estimate of drug-likeness (QED) is 0.615. The lowest BCUT2D eigenvalue weighted by Crippen LogP contribution is -2.24. The highest BCUT2D eigenvalue weighted by Gasteiger charge is 1.93. The first-order valence-corrected chi connectivity index (χ1v) is 4.81. The molecule has 0 saturated heterocycles. The van der Waals surface area contributed by atoms with Gasteiger partial charge in [-0.3, -0.25) is 4.79 Å². The average Bonchev–Trinajstić information content (AvgIpc) is 1.98. The van der Waals surface area contributed by atoms with Crippen LogP contribution in [-0.4, -0.2) is 24.0 Å². The van der Waals surface area contributed by atoms with Crippen molar-refractivity contribution in [1.29, 1.82) is 0 Å². The summed E-state index contributed by atoms with van der Waals surface area (Å²) in [6.45, 7) is 4.79. The number of carbonyl (C=O) groups excluding carboxylic acids is 1. The Labute approximate surface area is 66.8 Å². The van der Waals surface area contributed by atoms with Gasteiger partial charge in [0.25, 0.3) is 0 Å². The predicted octanol–water partition coefficient (Wildman–Crippen LogP) is 1.27. The number of hydrogen-bond donors (Lipinski definition) is 1. The summed E-state index contributed by atoms with van der Waals surface area (Å²) >= 11 is 1.85. The van der Waals surface area contributed by atoms with Crippen LogP contribution in [0.4, 0.5) is 0 Å². The molecule has 0 aliphatic heterocycles. The van der Waals surface area contributed by atoms with E-state index in [4.69, 9.17) is 0 Å². The highest BCUT2D eigenvalue weighted by molar-refractivity contribution is 7.99. The Balaban J connectivity index is 2.96. The van der Waals surface area contributed by atoms with E-state index in [2.05, 4.69) is 12.2 Å². The fourth-order valence-electron chi connectivity index (χ4n) is 0.532. The molecule has 0 radical (unpaired) electrons. The second kappa shape index (κ2) is 6.93. The average molecular weight is 161 g/mol. The Morgan fingerprint density at radius 3 is 2.70 bits per heavy atom. The van der Waals surface area contributed by atoms with Crippen molar-refractivity contribution in [2.75, 3.05) is 18.1 Å². The lowest BCUT2D eigenvalue weighted by Gasteiger charge is -2.00. The van der Waals surface area contributed by atoms with Crippen LogP contribution in [0.5, 0.6) is 0 Å². The van der Waals surface area contributed by atoms with E-state index in [-0.39, 0.29) is 5.91 Å². The molecule has 0 fully saturated rings. The Hall–Kier alpha value is -0.180. The summed E-state index contributed by atoms with van der Waals surface area (Å²) < 4.78 is 0. The monoisotopic (exact) mass is 161 g/mol. The van der Waals surface area contributed by atoms with Gasteiger partial charge in [0.15, 0.2) is 0 Å². The molecule has 0 aliphatic carbocycles. The minimum atomic E-state index is 0.150.